The van der Waals surface area contributed by atoms with Gasteiger partial charge >= 0.3 is 7.12 Å². The van der Waals surface area contributed by atoms with E-state index in [-0.39, 0.29) is 11.9 Å². The average molecular weight is 329 g/mol. The van der Waals surface area contributed by atoms with Crippen molar-refractivity contribution in [3.63, 3.8) is 0 Å². The highest BCUT2D eigenvalue weighted by molar-refractivity contribution is 7.80. The summed E-state index contributed by atoms with van der Waals surface area (Å²) >= 11 is 5.65. The smallest absolute Gasteiger partial charge is 0.426 e. The summed E-state index contributed by atoms with van der Waals surface area (Å²) in [7, 11) is -1.37. The molecular formula is C16H20BN3O2S. The molecule has 0 bridgehead atoms. The highest BCUT2D eigenvalue weighted by Crippen LogP contribution is 2.53. The lowest BCUT2D eigenvalue weighted by Gasteiger charge is -2.30. The van der Waals surface area contributed by atoms with Gasteiger partial charge < -0.3 is 25.7 Å². The maximum atomic E-state index is 9.56. The first-order chi connectivity index (χ1) is 11.0. The van der Waals surface area contributed by atoms with E-state index in [0.29, 0.717) is 4.99 Å². The van der Waals surface area contributed by atoms with Gasteiger partial charge in [-0.25, -0.2) is 0 Å². The number of H-pyrrole nitrogens is 1. The molecule has 3 atom stereocenters. The van der Waals surface area contributed by atoms with Crippen LogP contribution in [0.15, 0.2) is 30.5 Å². The van der Waals surface area contributed by atoms with Crippen LogP contribution < -0.4 is 5.73 Å². The van der Waals surface area contributed by atoms with Crippen LogP contribution in [0.4, 0.5) is 0 Å². The number of para-hydroxylation sites is 1. The third-order valence-electron chi connectivity index (χ3n) is 5.30. The van der Waals surface area contributed by atoms with Gasteiger partial charge in [0.05, 0.1) is 16.5 Å². The highest BCUT2D eigenvalue weighted by Gasteiger charge is 2.58. The second kappa shape index (κ2) is 5.31. The molecule has 1 aliphatic carbocycles. The van der Waals surface area contributed by atoms with Crippen molar-refractivity contribution in [1.29, 1.82) is 0 Å². The fourth-order valence-electron chi connectivity index (χ4n) is 3.91. The molecule has 2 unspecified atom stereocenters. The predicted octanol–water partition coefficient (Wildman–Crippen LogP) is 1.16. The maximum absolute atomic E-state index is 9.56. The number of hydrogen-bond donors (Lipinski definition) is 4. The number of nitrogens with zero attached hydrogens (tertiary/aromatic N) is 1. The Balaban J connectivity index is 1.60. The third kappa shape index (κ3) is 2.30. The van der Waals surface area contributed by atoms with Crippen molar-refractivity contribution < 1.29 is 10.0 Å². The fraction of sp³-hybridized carbons (Fsp3) is 0.438. The molecule has 1 aromatic carbocycles. The lowest BCUT2D eigenvalue weighted by molar-refractivity contribution is 0.332. The van der Waals surface area contributed by atoms with E-state index in [0.717, 1.165) is 31.3 Å². The molecule has 2 aliphatic rings. The van der Waals surface area contributed by atoms with Crippen LogP contribution in [-0.4, -0.2) is 50.1 Å². The van der Waals surface area contributed by atoms with Crippen molar-refractivity contribution in [2.24, 2.45) is 5.73 Å². The molecule has 0 amide bonds. The van der Waals surface area contributed by atoms with Crippen molar-refractivity contribution >= 4 is 35.2 Å². The number of nitrogens with one attached hydrogen (secondary N) is 1. The van der Waals surface area contributed by atoms with Crippen molar-refractivity contribution in [3.8, 4) is 0 Å². The first-order valence-electron chi connectivity index (χ1n) is 8.04. The third-order valence-corrected chi connectivity index (χ3v) is 5.92. The summed E-state index contributed by atoms with van der Waals surface area (Å²) in [6.45, 7) is 0.751. The summed E-state index contributed by atoms with van der Waals surface area (Å²) in [5.74, 6) is -0.143. The van der Waals surface area contributed by atoms with E-state index in [2.05, 4.69) is 17.1 Å². The number of rotatable bonds is 3. The summed E-state index contributed by atoms with van der Waals surface area (Å²) in [6.07, 6.45) is 4.48. The molecule has 2 aromatic rings. The number of hydrogen-bond acceptors (Lipinski definition) is 4. The molecule has 4 rings (SSSR count). The summed E-state index contributed by atoms with van der Waals surface area (Å²) in [5, 5.41) is 20.3. The Labute approximate surface area is 140 Å². The Morgan fingerprint density at radius 1 is 1.39 bits per heavy atom. The molecule has 2 fully saturated rings. The van der Waals surface area contributed by atoms with E-state index < -0.39 is 12.7 Å². The quantitative estimate of drug-likeness (QED) is 0.502. The molecule has 0 spiro atoms. The molecule has 7 heteroatoms. The molecule has 5 N–H and O–H groups in total. The number of likely N-dealkylation sites (tertiary alicyclic amines) is 1. The van der Waals surface area contributed by atoms with Crippen LogP contribution in [0.25, 0.3) is 10.9 Å². The largest absolute Gasteiger partial charge is 0.475 e. The SMILES string of the molecule is NC1(C(=S)N2CCC[C@H]2B(O)O)CC1c1c[nH]c2ccccc12. The second-order valence-corrected chi connectivity index (χ2v) is 7.10. The molecule has 1 saturated carbocycles. The lowest BCUT2D eigenvalue weighted by Crippen LogP contribution is -2.52. The summed E-state index contributed by atoms with van der Waals surface area (Å²) in [5.41, 5.74) is 8.34. The van der Waals surface area contributed by atoms with Crippen molar-refractivity contribution in [1.82, 2.24) is 9.88 Å². The lowest BCUT2D eigenvalue weighted by atomic mass is 9.77. The molecular weight excluding hydrogens is 309 g/mol. The zero-order chi connectivity index (χ0) is 16.2. The molecule has 1 aromatic heterocycles. The van der Waals surface area contributed by atoms with Crippen LogP contribution in [0.5, 0.6) is 0 Å². The Hall–Kier alpha value is -1.41. The van der Waals surface area contributed by atoms with Gasteiger partial charge in [0.25, 0.3) is 0 Å². The van der Waals surface area contributed by atoms with Gasteiger partial charge in [-0.05, 0) is 30.9 Å². The van der Waals surface area contributed by atoms with E-state index in [9.17, 15) is 10.0 Å². The minimum atomic E-state index is -1.37. The van der Waals surface area contributed by atoms with Gasteiger partial charge in [0, 0.05) is 29.6 Å². The molecule has 1 aliphatic heterocycles. The van der Waals surface area contributed by atoms with Crippen LogP contribution >= 0.6 is 12.2 Å². The zero-order valence-electron chi connectivity index (χ0n) is 12.8. The second-order valence-electron chi connectivity index (χ2n) is 6.71. The Kier molecular flexibility index (Phi) is 3.49. The fourth-order valence-corrected chi connectivity index (χ4v) is 4.36. The van der Waals surface area contributed by atoms with Gasteiger partial charge in [0.15, 0.2) is 0 Å². The highest BCUT2D eigenvalue weighted by atomic mass is 32.1. The van der Waals surface area contributed by atoms with E-state index in [1.807, 2.05) is 23.2 Å². The molecule has 120 valence electrons. The van der Waals surface area contributed by atoms with Crippen molar-refractivity contribution in [2.45, 2.75) is 36.7 Å². The van der Waals surface area contributed by atoms with Crippen molar-refractivity contribution in [3.05, 3.63) is 36.0 Å². The number of fused-ring (bicyclic) bond motifs is 1. The van der Waals surface area contributed by atoms with E-state index in [4.69, 9.17) is 18.0 Å². The molecule has 23 heavy (non-hydrogen) atoms. The maximum Gasteiger partial charge on any atom is 0.475 e. The number of thiocarbonyl (C=S) groups is 1. The number of aromatic nitrogens is 1. The first-order valence-corrected chi connectivity index (χ1v) is 8.45. The summed E-state index contributed by atoms with van der Waals surface area (Å²) in [4.78, 5) is 5.89. The Morgan fingerprint density at radius 3 is 2.96 bits per heavy atom. The zero-order valence-corrected chi connectivity index (χ0v) is 13.6. The summed E-state index contributed by atoms with van der Waals surface area (Å²) < 4.78 is 0. The van der Waals surface area contributed by atoms with Crippen molar-refractivity contribution in [2.75, 3.05) is 6.54 Å². The van der Waals surface area contributed by atoms with E-state index in [1.54, 1.807) is 0 Å². The monoisotopic (exact) mass is 329 g/mol. The minimum absolute atomic E-state index is 0.184. The predicted molar refractivity (Wildman–Crippen MR) is 95.1 cm³/mol. The normalized spacial score (nSPS) is 30.0. The van der Waals surface area contributed by atoms with Gasteiger partial charge in [0.2, 0.25) is 0 Å². The number of benzene rings is 1. The van der Waals surface area contributed by atoms with Gasteiger partial charge in [0.1, 0.15) is 0 Å². The Morgan fingerprint density at radius 2 is 2.17 bits per heavy atom. The average Bonchev–Trinajstić information content (AvgIpc) is 2.97. The van der Waals surface area contributed by atoms with E-state index in [1.165, 1.54) is 10.9 Å². The molecule has 0 radical (unpaired) electrons. The van der Waals surface area contributed by atoms with Crippen LogP contribution in [-0.2, 0) is 0 Å². The standard InChI is InChI=1S/C16H20BN3O2S/c18-16(15(23)20-7-3-6-14(20)17(21)22)8-12(16)11-9-19-13-5-2-1-4-10(11)13/h1-2,4-5,9,12,14,19,21-22H,3,6-8,18H2/t12?,14-,16?/m0/s1. The molecule has 5 nitrogen and oxygen atoms in total. The van der Waals surface area contributed by atoms with Crippen LogP contribution in [0.2, 0.25) is 0 Å². The first kappa shape index (κ1) is 15.1. The number of nitrogens with two attached hydrogens (primary N) is 1. The molecule has 2 heterocycles. The van der Waals surface area contributed by atoms with Gasteiger partial charge in [-0.1, -0.05) is 30.4 Å². The van der Waals surface area contributed by atoms with Crippen LogP contribution in [0, 0.1) is 0 Å². The number of aromatic amines is 1. The molecule has 1 saturated heterocycles. The van der Waals surface area contributed by atoms with E-state index >= 15 is 0 Å². The van der Waals surface area contributed by atoms with Crippen LogP contribution in [0.1, 0.15) is 30.7 Å². The van der Waals surface area contributed by atoms with Gasteiger partial charge in [-0.15, -0.1) is 0 Å². The van der Waals surface area contributed by atoms with Gasteiger partial charge in [-0.3, -0.25) is 0 Å². The Bertz CT molecular complexity index is 765. The minimum Gasteiger partial charge on any atom is -0.426 e. The van der Waals surface area contributed by atoms with Gasteiger partial charge in [-0.2, -0.15) is 0 Å². The topological polar surface area (TPSA) is 85.5 Å². The van der Waals surface area contributed by atoms with Crippen LogP contribution in [0.3, 0.4) is 0 Å². The summed E-state index contributed by atoms with van der Waals surface area (Å²) in [6, 6.07) is 8.18.